The topological polar surface area (TPSA) is 63.4 Å². The van der Waals surface area contributed by atoms with Crippen molar-refractivity contribution in [3.8, 4) is 0 Å². The van der Waals surface area contributed by atoms with Crippen LogP contribution in [0.1, 0.15) is 23.2 Å². The third kappa shape index (κ3) is 3.64. The number of amides is 1. The predicted molar refractivity (Wildman–Crippen MR) is 76.8 cm³/mol. The number of rotatable bonds is 4. The molecule has 1 saturated heterocycles. The van der Waals surface area contributed by atoms with Crippen LogP contribution < -0.4 is 5.73 Å². The lowest BCUT2D eigenvalue weighted by Crippen LogP contribution is -2.40. The maximum Gasteiger partial charge on any atom is 0.220 e. The van der Waals surface area contributed by atoms with Crippen LogP contribution in [-0.4, -0.2) is 36.2 Å². The van der Waals surface area contributed by atoms with Crippen molar-refractivity contribution >= 4 is 27.6 Å². The van der Waals surface area contributed by atoms with Gasteiger partial charge in [-0.1, -0.05) is 34.1 Å². The van der Waals surface area contributed by atoms with Crippen LogP contribution in [0.2, 0.25) is 0 Å². The largest absolute Gasteiger partial charge is 0.369 e. The van der Waals surface area contributed by atoms with Gasteiger partial charge >= 0.3 is 0 Å². The van der Waals surface area contributed by atoms with Crippen LogP contribution in [0.25, 0.3) is 0 Å². The minimum atomic E-state index is -0.225. The van der Waals surface area contributed by atoms with E-state index < -0.39 is 0 Å². The number of Topliss-reactive ketones (excluding diaryl/α,β-unsaturated/α-hetero) is 1. The molecule has 1 heterocycles. The normalized spacial score (nSPS) is 17.3. The fourth-order valence-electron chi connectivity index (χ4n) is 2.35. The number of piperidine rings is 1. The van der Waals surface area contributed by atoms with Gasteiger partial charge in [-0.05, 0) is 32.0 Å². The van der Waals surface area contributed by atoms with Crippen LogP contribution in [0.15, 0.2) is 28.7 Å². The minimum absolute atomic E-state index is 0.0326. The Balaban J connectivity index is 1.91. The average Bonchev–Trinajstić information content (AvgIpc) is 2.39. The van der Waals surface area contributed by atoms with E-state index in [1.807, 2.05) is 24.3 Å². The first kappa shape index (κ1) is 14.2. The fourth-order valence-corrected chi connectivity index (χ4v) is 2.86. The SMILES string of the molecule is NC(=O)C1CCN(CC(=O)c2ccccc2Br)CC1. The lowest BCUT2D eigenvalue weighted by Gasteiger charge is -2.29. The van der Waals surface area contributed by atoms with Gasteiger partial charge in [-0.3, -0.25) is 14.5 Å². The van der Waals surface area contributed by atoms with E-state index in [2.05, 4.69) is 20.8 Å². The van der Waals surface area contributed by atoms with Crippen molar-refractivity contribution in [1.82, 2.24) is 4.90 Å². The molecule has 0 aliphatic carbocycles. The number of carbonyl (C=O) groups excluding carboxylic acids is 2. The van der Waals surface area contributed by atoms with E-state index in [-0.39, 0.29) is 17.6 Å². The fraction of sp³-hybridized carbons (Fsp3) is 0.429. The molecule has 0 unspecified atom stereocenters. The second-order valence-corrected chi connectivity index (χ2v) is 5.71. The van der Waals surface area contributed by atoms with Crippen LogP contribution in [0.3, 0.4) is 0 Å². The number of likely N-dealkylation sites (tertiary alicyclic amines) is 1. The van der Waals surface area contributed by atoms with Gasteiger partial charge in [-0.2, -0.15) is 0 Å². The molecule has 4 nitrogen and oxygen atoms in total. The molecule has 1 aliphatic heterocycles. The van der Waals surface area contributed by atoms with E-state index in [0.717, 1.165) is 30.4 Å². The molecular weight excluding hydrogens is 308 g/mol. The molecule has 0 aromatic heterocycles. The molecule has 1 amide bonds. The second kappa shape index (κ2) is 6.30. The molecule has 1 aliphatic rings. The molecule has 2 N–H and O–H groups in total. The molecule has 0 bridgehead atoms. The molecule has 1 aromatic rings. The van der Waals surface area contributed by atoms with Crippen molar-refractivity contribution in [2.75, 3.05) is 19.6 Å². The Morgan fingerprint density at radius 3 is 2.47 bits per heavy atom. The van der Waals surface area contributed by atoms with Gasteiger partial charge in [-0.25, -0.2) is 0 Å². The van der Waals surface area contributed by atoms with Crippen molar-refractivity contribution in [2.24, 2.45) is 11.7 Å². The average molecular weight is 325 g/mol. The van der Waals surface area contributed by atoms with Crippen LogP contribution >= 0.6 is 15.9 Å². The van der Waals surface area contributed by atoms with Crippen LogP contribution in [-0.2, 0) is 4.79 Å². The predicted octanol–water partition coefficient (Wildman–Crippen LogP) is 1.83. The Hall–Kier alpha value is -1.20. The van der Waals surface area contributed by atoms with Crippen molar-refractivity contribution in [1.29, 1.82) is 0 Å². The van der Waals surface area contributed by atoms with Crippen LogP contribution in [0.4, 0.5) is 0 Å². The van der Waals surface area contributed by atoms with Gasteiger partial charge in [0.05, 0.1) is 6.54 Å². The van der Waals surface area contributed by atoms with E-state index in [9.17, 15) is 9.59 Å². The number of hydrogen-bond acceptors (Lipinski definition) is 3. The molecule has 0 spiro atoms. The highest BCUT2D eigenvalue weighted by atomic mass is 79.9. The highest BCUT2D eigenvalue weighted by Gasteiger charge is 2.24. The number of halogens is 1. The Bertz CT molecular complexity index is 482. The first-order valence-electron chi connectivity index (χ1n) is 6.37. The summed E-state index contributed by atoms with van der Waals surface area (Å²) in [5, 5.41) is 0. The summed E-state index contributed by atoms with van der Waals surface area (Å²) in [4.78, 5) is 25.4. The zero-order valence-corrected chi connectivity index (χ0v) is 12.2. The summed E-state index contributed by atoms with van der Waals surface area (Å²) in [5.74, 6) is -0.156. The monoisotopic (exact) mass is 324 g/mol. The van der Waals surface area contributed by atoms with Gasteiger partial charge in [-0.15, -0.1) is 0 Å². The number of benzene rings is 1. The lowest BCUT2D eigenvalue weighted by molar-refractivity contribution is -0.123. The number of carbonyl (C=O) groups is 2. The highest BCUT2D eigenvalue weighted by molar-refractivity contribution is 9.10. The van der Waals surface area contributed by atoms with E-state index in [4.69, 9.17) is 5.73 Å². The summed E-state index contributed by atoms with van der Waals surface area (Å²) in [6.07, 6.45) is 1.50. The van der Waals surface area contributed by atoms with Gasteiger partial charge in [0.2, 0.25) is 5.91 Å². The minimum Gasteiger partial charge on any atom is -0.369 e. The summed E-state index contributed by atoms with van der Waals surface area (Å²) < 4.78 is 0.826. The standard InChI is InChI=1S/C14H17BrN2O2/c15-12-4-2-1-3-11(12)13(18)9-17-7-5-10(6-8-17)14(16)19/h1-4,10H,5-9H2,(H2,16,19). The maximum atomic E-state index is 12.2. The van der Waals surface area contributed by atoms with Crippen LogP contribution in [0.5, 0.6) is 0 Å². The molecule has 1 fully saturated rings. The van der Waals surface area contributed by atoms with Gasteiger partial charge in [0.25, 0.3) is 0 Å². The number of primary amides is 1. The zero-order valence-electron chi connectivity index (χ0n) is 10.6. The molecule has 0 radical (unpaired) electrons. The van der Waals surface area contributed by atoms with Crippen molar-refractivity contribution < 1.29 is 9.59 Å². The van der Waals surface area contributed by atoms with Gasteiger partial charge in [0.1, 0.15) is 0 Å². The molecular formula is C14H17BrN2O2. The first-order chi connectivity index (χ1) is 9.08. The Morgan fingerprint density at radius 1 is 1.26 bits per heavy atom. The van der Waals surface area contributed by atoms with E-state index in [0.29, 0.717) is 12.1 Å². The summed E-state index contributed by atoms with van der Waals surface area (Å²) >= 11 is 3.39. The zero-order chi connectivity index (χ0) is 13.8. The number of ketones is 1. The summed E-state index contributed by atoms with van der Waals surface area (Å²) in [7, 11) is 0. The van der Waals surface area contributed by atoms with Gasteiger partial charge in [0, 0.05) is 16.0 Å². The Morgan fingerprint density at radius 2 is 1.89 bits per heavy atom. The molecule has 0 saturated carbocycles. The van der Waals surface area contributed by atoms with Crippen molar-refractivity contribution in [2.45, 2.75) is 12.8 Å². The molecule has 0 atom stereocenters. The van der Waals surface area contributed by atoms with Crippen molar-refractivity contribution in [3.63, 3.8) is 0 Å². The Labute approximate surface area is 121 Å². The first-order valence-corrected chi connectivity index (χ1v) is 7.16. The molecule has 5 heteroatoms. The van der Waals surface area contributed by atoms with Crippen LogP contribution in [0, 0.1) is 5.92 Å². The summed E-state index contributed by atoms with van der Waals surface area (Å²) in [6, 6.07) is 7.44. The van der Waals surface area contributed by atoms with Gasteiger partial charge < -0.3 is 5.73 Å². The number of nitrogens with two attached hydrogens (primary N) is 1. The smallest absolute Gasteiger partial charge is 0.220 e. The highest BCUT2D eigenvalue weighted by Crippen LogP contribution is 2.19. The number of hydrogen-bond donors (Lipinski definition) is 1. The molecule has 102 valence electrons. The second-order valence-electron chi connectivity index (χ2n) is 4.86. The number of nitrogens with zero attached hydrogens (tertiary/aromatic N) is 1. The lowest BCUT2D eigenvalue weighted by atomic mass is 9.96. The van der Waals surface area contributed by atoms with E-state index >= 15 is 0 Å². The summed E-state index contributed by atoms with van der Waals surface area (Å²) in [5.41, 5.74) is 6.00. The quantitative estimate of drug-likeness (QED) is 0.859. The molecule has 1 aromatic carbocycles. The van der Waals surface area contributed by atoms with E-state index in [1.54, 1.807) is 0 Å². The maximum absolute atomic E-state index is 12.2. The van der Waals surface area contributed by atoms with Crippen molar-refractivity contribution in [3.05, 3.63) is 34.3 Å². The van der Waals surface area contributed by atoms with Gasteiger partial charge in [0.15, 0.2) is 5.78 Å². The molecule has 19 heavy (non-hydrogen) atoms. The third-order valence-corrected chi connectivity index (χ3v) is 4.22. The molecule has 2 rings (SSSR count). The third-order valence-electron chi connectivity index (χ3n) is 3.53. The Kier molecular flexibility index (Phi) is 4.71. The summed E-state index contributed by atoms with van der Waals surface area (Å²) in [6.45, 7) is 1.90. The van der Waals surface area contributed by atoms with E-state index in [1.165, 1.54) is 0 Å².